The Hall–Kier alpha value is -5.68. The summed E-state index contributed by atoms with van der Waals surface area (Å²) in [7, 11) is -8.09. The molecule has 0 aliphatic rings. The first-order valence-corrected chi connectivity index (χ1v) is 23.5. The van der Waals surface area contributed by atoms with Gasteiger partial charge in [-0.1, -0.05) is 131 Å². The number of hydrogen-bond acceptors (Lipinski definition) is 8. The molecule has 0 N–H and O–H groups in total. The zero-order valence-electron chi connectivity index (χ0n) is 34.9. The first-order valence-electron chi connectivity index (χ1n) is 20.4. The van der Waals surface area contributed by atoms with Gasteiger partial charge in [0.2, 0.25) is 10.7 Å². The van der Waals surface area contributed by atoms with Crippen LogP contribution in [-0.2, 0) is 14.5 Å². The minimum Gasteiger partial charge on any atom is -0.472 e. The van der Waals surface area contributed by atoms with E-state index in [-0.39, 0.29) is 0 Å². The van der Waals surface area contributed by atoms with Crippen molar-refractivity contribution in [3.05, 3.63) is 194 Å². The number of para-hydroxylation sites is 4. The monoisotopic (exact) mass is 844 g/mol. The fourth-order valence-corrected chi connectivity index (χ4v) is 11.4. The molecule has 6 rings (SSSR count). The van der Waals surface area contributed by atoms with Crippen LogP contribution >= 0.6 is 15.2 Å². The molecule has 2 atom stereocenters. The minimum atomic E-state index is -4.07. The lowest BCUT2D eigenvalue weighted by Gasteiger charge is -2.38. The highest BCUT2D eigenvalue weighted by atomic mass is 31.2. The maximum absolute atomic E-state index is 15.2. The molecule has 312 valence electrons. The van der Waals surface area contributed by atoms with Crippen LogP contribution in [0.5, 0.6) is 34.5 Å². The van der Waals surface area contributed by atoms with Crippen LogP contribution in [-0.4, -0.2) is 10.7 Å². The lowest BCUT2D eigenvalue weighted by molar-refractivity contribution is 0.113. The van der Waals surface area contributed by atoms with Crippen LogP contribution in [0.25, 0.3) is 0 Å². The highest BCUT2D eigenvalue weighted by Gasteiger charge is 2.55. The molecular formula is C50H54O8P2. The van der Waals surface area contributed by atoms with Crippen molar-refractivity contribution in [3.8, 4) is 34.5 Å². The van der Waals surface area contributed by atoms with Gasteiger partial charge in [0.05, 0.1) is 0 Å². The molecule has 0 aromatic heterocycles. The Labute approximate surface area is 355 Å². The second kappa shape index (κ2) is 19.1. The van der Waals surface area contributed by atoms with E-state index in [4.69, 9.17) is 27.6 Å². The van der Waals surface area contributed by atoms with Gasteiger partial charge in [-0.15, -0.1) is 6.58 Å². The third-order valence-electron chi connectivity index (χ3n) is 11.0. The van der Waals surface area contributed by atoms with Gasteiger partial charge in [-0.3, -0.25) is 0 Å². The van der Waals surface area contributed by atoms with Gasteiger partial charge in [0, 0.05) is 5.41 Å². The summed E-state index contributed by atoms with van der Waals surface area (Å²) in [6.45, 7) is 14.0. The van der Waals surface area contributed by atoms with Crippen molar-refractivity contribution in [2.75, 3.05) is 0 Å². The van der Waals surface area contributed by atoms with Crippen LogP contribution in [0.1, 0.15) is 71.4 Å². The molecule has 60 heavy (non-hydrogen) atoms. The van der Waals surface area contributed by atoms with Gasteiger partial charge >= 0.3 is 15.2 Å². The van der Waals surface area contributed by atoms with E-state index in [0.717, 1.165) is 11.1 Å². The molecule has 0 bridgehead atoms. The van der Waals surface area contributed by atoms with Crippen LogP contribution in [0.3, 0.4) is 0 Å². The second-order valence-electron chi connectivity index (χ2n) is 14.6. The molecule has 0 saturated carbocycles. The highest BCUT2D eigenvalue weighted by Crippen LogP contribution is 2.64. The Morgan fingerprint density at radius 3 is 0.950 bits per heavy atom. The number of allylic oxidation sites excluding steroid dienone is 1. The molecule has 0 aliphatic heterocycles. The average Bonchev–Trinajstić information content (AvgIpc) is 3.28. The molecule has 0 fully saturated rings. The van der Waals surface area contributed by atoms with Crippen LogP contribution in [0.2, 0.25) is 0 Å². The van der Waals surface area contributed by atoms with Crippen LogP contribution in [0.4, 0.5) is 0 Å². The Bertz CT molecular complexity index is 2300. The van der Waals surface area contributed by atoms with Gasteiger partial charge in [0.1, 0.15) is 34.5 Å². The quantitative estimate of drug-likeness (QED) is 0.0523. The van der Waals surface area contributed by atoms with Gasteiger partial charge in [0.25, 0.3) is 0 Å². The first kappa shape index (κ1) is 43.9. The third-order valence-corrected chi connectivity index (χ3v) is 16.3. The zero-order chi connectivity index (χ0) is 42.7. The number of rotatable bonds is 21. The molecule has 0 amide bonds. The maximum atomic E-state index is 15.2. The summed E-state index contributed by atoms with van der Waals surface area (Å²) < 4.78 is 68.7. The van der Waals surface area contributed by atoms with E-state index in [1.807, 2.05) is 155 Å². The molecule has 0 aliphatic carbocycles. The smallest absolute Gasteiger partial charge is 0.472 e. The van der Waals surface area contributed by atoms with E-state index >= 15 is 9.13 Å². The van der Waals surface area contributed by atoms with Crippen molar-refractivity contribution in [1.82, 2.24) is 0 Å². The fourth-order valence-electron chi connectivity index (χ4n) is 7.11. The van der Waals surface area contributed by atoms with E-state index in [2.05, 4.69) is 13.5 Å². The summed E-state index contributed by atoms with van der Waals surface area (Å²) in [5.74, 6) is 2.70. The van der Waals surface area contributed by atoms with Crippen molar-refractivity contribution in [1.29, 1.82) is 0 Å². The normalized spacial score (nSPS) is 13.8. The fraction of sp³-hybridized carbons (Fsp3) is 0.240. The highest BCUT2D eigenvalue weighted by molar-refractivity contribution is 7.56. The maximum Gasteiger partial charge on any atom is 0.474 e. The summed E-state index contributed by atoms with van der Waals surface area (Å²) in [6.07, 6.45) is 3.31. The average molecular weight is 845 g/mol. The lowest BCUT2D eigenvalue weighted by Crippen LogP contribution is -2.38. The van der Waals surface area contributed by atoms with Gasteiger partial charge < -0.3 is 27.6 Å². The molecule has 2 unspecified atom stereocenters. The lowest BCUT2D eigenvalue weighted by atomic mass is 9.76. The summed E-state index contributed by atoms with van der Waals surface area (Å²) in [5, 5.41) is -2.61. The third kappa shape index (κ3) is 9.36. The van der Waals surface area contributed by atoms with Crippen molar-refractivity contribution in [2.45, 2.75) is 76.4 Å². The Kier molecular flexibility index (Phi) is 14.0. The predicted molar refractivity (Wildman–Crippen MR) is 241 cm³/mol. The molecule has 6 aromatic carbocycles. The predicted octanol–water partition coefficient (Wildman–Crippen LogP) is 14.7. The van der Waals surface area contributed by atoms with Crippen molar-refractivity contribution in [2.24, 2.45) is 0 Å². The van der Waals surface area contributed by atoms with Gasteiger partial charge in [-0.05, 0) is 117 Å². The van der Waals surface area contributed by atoms with Gasteiger partial charge in [0.15, 0.2) is 0 Å². The largest absolute Gasteiger partial charge is 0.474 e. The Balaban J connectivity index is 1.27. The van der Waals surface area contributed by atoms with E-state index in [9.17, 15) is 0 Å². The zero-order valence-corrected chi connectivity index (χ0v) is 36.7. The SMILES string of the molecule is C=CC(C)(c1ccc(OC(CC)(CC)P(=O)(Oc2ccccc2)Oc2ccccc2)cc1)c1ccc(OP(=O)(Oc2ccccc2)C(CC)(CC)Oc2ccccc2)cc1. The summed E-state index contributed by atoms with van der Waals surface area (Å²) >= 11 is 0. The van der Waals surface area contributed by atoms with Crippen molar-refractivity contribution >= 4 is 15.2 Å². The van der Waals surface area contributed by atoms with Crippen LogP contribution < -0.4 is 27.6 Å². The minimum absolute atomic E-state index is 0.348. The number of ether oxygens (including phenoxy) is 2. The molecule has 6 aromatic rings. The summed E-state index contributed by atoms with van der Waals surface area (Å²) in [6, 6.07) is 51.5. The molecule has 0 heterocycles. The molecule has 0 spiro atoms. The van der Waals surface area contributed by atoms with Crippen LogP contribution in [0, 0.1) is 0 Å². The molecule has 10 heteroatoms. The first-order chi connectivity index (χ1) is 29.0. The molecular weight excluding hydrogens is 790 g/mol. The van der Waals surface area contributed by atoms with Gasteiger partial charge in [-0.25, -0.2) is 9.13 Å². The van der Waals surface area contributed by atoms with E-state index in [0.29, 0.717) is 60.2 Å². The molecule has 0 radical (unpaired) electrons. The second-order valence-corrected chi connectivity index (χ2v) is 18.9. The van der Waals surface area contributed by atoms with Crippen LogP contribution in [0.15, 0.2) is 183 Å². The Morgan fingerprint density at radius 1 is 0.417 bits per heavy atom. The number of hydrogen-bond donors (Lipinski definition) is 0. The van der Waals surface area contributed by atoms with E-state index < -0.39 is 31.3 Å². The van der Waals surface area contributed by atoms with Crippen molar-refractivity contribution in [3.63, 3.8) is 0 Å². The molecule has 0 saturated heterocycles. The standard InChI is InChI=1S/C50H54O8P2/c1-7-48(6,40-32-36-43(37-33-40)54-50(10-4,11-5)59(51,55-44-26-18-13-19-27-44)56-45-28-20-14-21-29-45)41-34-38-47(39-35-41)58-60(52,57-46-30-22-15-23-31-46)49(8-2,9-3)53-42-24-16-12-17-25-42/h7,12-39H,1,8-11H2,2-6H3. The van der Waals surface area contributed by atoms with Crippen molar-refractivity contribution < 1.29 is 36.7 Å². The summed E-state index contributed by atoms with van der Waals surface area (Å²) in [4.78, 5) is 0. The molecule has 8 nitrogen and oxygen atoms in total. The van der Waals surface area contributed by atoms with Gasteiger partial charge in [-0.2, -0.15) is 0 Å². The number of benzene rings is 6. The van der Waals surface area contributed by atoms with E-state index in [1.54, 1.807) is 48.5 Å². The topological polar surface area (TPSA) is 89.5 Å². The summed E-state index contributed by atoms with van der Waals surface area (Å²) in [5.41, 5.74) is 1.21. The van der Waals surface area contributed by atoms with E-state index in [1.165, 1.54) is 0 Å². The Morgan fingerprint density at radius 2 is 0.667 bits per heavy atom.